The van der Waals surface area contributed by atoms with Gasteiger partial charge in [0.15, 0.2) is 9.84 Å². The molecule has 2 aliphatic heterocycles. The highest BCUT2D eigenvalue weighted by atomic mass is 32.2. The Morgan fingerprint density at radius 1 is 1.15 bits per heavy atom. The first-order valence-electron chi connectivity index (χ1n) is 8.45. The van der Waals surface area contributed by atoms with E-state index in [1.165, 1.54) is 11.0 Å². The number of anilines is 2. The molecule has 3 rings (SSSR count). The number of rotatable bonds is 4. The molecule has 1 aromatic rings. The lowest BCUT2D eigenvalue weighted by Gasteiger charge is -2.33. The molecular formula is C17H21N3O5S. The molecule has 2 saturated heterocycles. The lowest BCUT2D eigenvalue weighted by molar-refractivity contribution is -0.120. The van der Waals surface area contributed by atoms with E-state index in [0.717, 1.165) is 12.5 Å². The van der Waals surface area contributed by atoms with Gasteiger partial charge in [-0.25, -0.2) is 13.2 Å². The van der Waals surface area contributed by atoms with Crippen molar-refractivity contribution < 1.29 is 22.8 Å². The van der Waals surface area contributed by atoms with Crippen LogP contribution in [0.15, 0.2) is 23.1 Å². The molecule has 8 nitrogen and oxygen atoms in total. The standard InChI is InChI=1S/C17H21N3O5S/c1-26(24,25)15-10-13(20-9-6-16(22)18-17(20)23)2-3-14(15)19-7-4-12(11-21)5-8-19/h2-3,10-12H,4-9H2,1H3,(H,18,22,23). The van der Waals surface area contributed by atoms with E-state index in [-0.39, 0.29) is 29.7 Å². The van der Waals surface area contributed by atoms with E-state index in [1.807, 2.05) is 4.90 Å². The van der Waals surface area contributed by atoms with E-state index >= 15 is 0 Å². The summed E-state index contributed by atoms with van der Waals surface area (Å²) in [6.07, 6.45) is 3.62. The maximum atomic E-state index is 12.3. The van der Waals surface area contributed by atoms with E-state index in [0.29, 0.717) is 37.3 Å². The predicted molar refractivity (Wildman–Crippen MR) is 96.1 cm³/mol. The molecule has 0 aliphatic carbocycles. The lowest BCUT2D eigenvalue weighted by Crippen LogP contribution is -2.49. The monoisotopic (exact) mass is 379 g/mol. The second kappa shape index (κ2) is 7.06. The molecule has 26 heavy (non-hydrogen) atoms. The zero-order chi connectivity index (χ0) is 18.9. The minimum Gasteiger partial charge on any atom is -0.370 e. The Labute approximate surface area is 152 Å². The topological polar surface area (TPSA) is 104 Å². The number of aldehydes is 1. The fourth-order valence-corrected chi connectivity index (χ4v) is 4.23. The molecule has 0 spiro atoms. The largest absolute Gasteiger partial charge is 0.370 e. The zero-order valence-corrected chi connectivity index (χ0v) is 15.3. The molecule has 140 valence electrons. The first-order valence-corrected chi connectivity index (χ1v) is 10.3. The Morgan fingerprint density at radius 2 is 1.85 bits per heavy atom. The van der Waals surface area contributed by atoms with Gasteiger partial charge >= 0.3 is 6.03 Å². The Morgan fingerprint density at radius 3 is 2.42 bits per heavy atom. The van der Waals surface area contributed by atoms with E-state index in [4.69, 9.17) is 0 Å². The van der Waals surface area contributed by atoms with E-state index in [2.05, 4.69) is 5.32 Å². The number of imide groups is 1. The van der Waals surface area contributed by atoms with Gasteiger partial charge in [-0.3, -0.25) is 15.0 Å². The Balaban J connectivity index is 1.93. The summed E-state index contributed by atoms with van der Waals surface area (Å²) in [6, 6.07) is 4.30. The number of benzene rings is 1. The van der Waals surface area contributed by atoms with Crippen LogP contribution in [0.5, 0.6) is 0 Å². The minimum absolute atomic E-state index is 0.0155. The van der Waals surface area contributed by atoms with E-state index in [1.54, 1.807) is 12.1 Å². The molecule has 0 atom stereocenters. The van der Waals surface area contributed by atoms with Crippen molar-refractivity contribution in [1.29, 1.82) is 0 Å². The van der Waals surface area contributed by atoms with Crippen LogP contribution in [0, 0.1) is 5.92 Å². The molecule has 0 bridgehead atoms. The Kier molecular flexibility index (Phi) is 4.99. The quantitative estimate of drug-likeness (QED) is 0.781. The fourth-order valence-electron chi connectivity index (χ4n) is 3.32. The molecule has 2 heterocycles. The number of hydrogen-bond acceptors (Lipinski definition) is 6. The van der Waals surface area contributed by atoms with Gasteiger partial charge < -0.3 is 9.69 Å². The van der Waals surface area contributed by atoms with Crippen LogP contribution in [0.2, 0.25) is 0 Å². The predicted octanol–water partition coefficient (Wildman–Crippen LogP) is 0.952. The van der Waals surface area contributed by atoms with Crippen LogP contribution in [-0.4, -0.2) is 52.5 Å². The molecule has 1 aromatic carbocycles. The zero-order valence-electron chi connectivity index (χ0n) is 14.5. The van der Waals surface area contributed by atoms with Gasteiger partial charge in [0.1, 0.15) is 6.29 Å². The molecule has 9 heteroatoms. The van der Waals surface area contributed by atoms with Crippen molar-refractivity contribution in [1.82, 2.24) is 5.32 Å². The number of sulfone groups is 1. The molecule has 0 aromatic heterocycles. The van der Waals surface area contributed by atoms with Gasteiger partial charge in [-0.05, 0) is 31.0 Å². The summed E-state index contributed by atoms with van der Waals surface area (Å²) < 4.78 is 24.7. The van der Waals surface area contributed by atoms with Gasteiger partial charge in [-0.1, -0.05) is 0 Å². The van der Waals surface area contributed by atoms with Crippen molar-refractivity contribution in [2.24, 2.45) is 5.92 Å². The molecule has 3 amide bonds. The summed E-state index contributed by atoms with van der Waals surface area (Å²) in [5.74, 6) is -0.328. The molecule has 2 fully saturated rings. The summed E-state index contributed by atoms with van der Waals surface area (Å²) in [5, 5.41) is 2.23. The number of nitrogens with zero attached hydrogens (tertiary/aromatic N) is 2. The number of amides is 3. The van der Waals surface area contributed by atoms with Gasteiger partial charge in [-0.15, -0.1) is 0 Å². The fraction of sp³-hybridized carbons (Fsp3) is 0.471. The van der Waals surface area contributed by atoms with Gasteiger partial charge in [-0.2, -0.15) is 0 Å². The maximum absolute atomic E-state index is 12.3. The average Bonchev–Trinajstić information content (AvgIpc) is 2.61. The highest BCUT2D eigenvalue weighted by Crippen LogP contribution is 2.33. The third-order valence-corrected chi connectivity index (χ3v) is 5.91. The number of carbonyl (C=O) groups excluding carboxylic acids is 3. The van der Waals surface area contributed by atoms with Crippen LogP contribution in [0.4, 0.5) is 16.2 Å². The first kappa shape index (κ1) is 18.4. The van der Waals surface area contributed by atoms with E-state index in [9.17, 15) is 22.8 Å². The Hall–Kier alpha value is -2.42. The SMILES string of the molecule is CS(=O)(=O)c1cc(N2CCC(=O)NC2=O)ccc1N1CCC(C=O)CC1. The summed E-state index contributed by atoms with van der Waals surface area (Å²) in [4.78, 5) is 37.7. The van der Waals surface area contributed by atoms with Gasteiger partial charge in [0.05, 0.1) is 10.6 Å². The number of carbonyl (C=O) groups is 3. The average molecular weight is 379 g/mol. The smallest absolute Gasteiger partial charge is 0.328 e. The van der Waals surface area contributed by atoms with Crippen LogP contribution in [0.3, 0.4) is 0 Å². The van der Waals surface area contributed by atoms with E-state index < -0.39 is 15.9 Å². The second-order valence-electron chi connectivity index (χ2n) is 6.64. The molecule has 0 saturated carbocycles. The third-order valence-electron chi connectivity index (χ3n) is 4.78. The second-order valence-corrected chi connectivity index (χ2v) is 8.62. The lowest BCUT2D eigenvalue weighted by atomic mass is 9.98. The summed E-state index contributed by atoms with van der Waals surface area (Å²) in [5.41, 5.74) is 1.01. The van der Waals surface area contributed by atoms with Crippen LogP contribution < -0.4 is 15.1 Å². The van der Waals surface area contributed by atoms with Crippen LogP contribution in [0.1, 0.15) is 19.3 Å². The normalized spacial score (nSPS) is 19.4. The first-order chi connectivity index (χ1) is 12.3. The van der Waals surface area contributed by atoms with Crippen molar-refractivity contribution in [3.63, 3.8) is 0 Å². The Bertz CT molecular complexity index is 844. The molecule has 1 N–H and O–H groups in total. The number of nitrogens with one attached hydrogen (secondary N) is 1. The van der Waals surface area contributed by atoms with Crippen molar-refractivity contribution in [3.05, 3.63) is 18.2 Å². The maximum Gasteiger partial charge on any atom is 0.328 e. The highest BCUT2D eigenvalue weighted by molar-refractivity contribution is 7.90. The minimum atomic E-state index is -3.53. The molecule has 2 aliphatic rings. The highest BCUT2D eigenvalue weighted by Gasteiger charge is 2.28. The number of urea groups is 1. The molecule has 0 radical (unpaired) electrons. The third kappa shape index (κ3) is 3.72. The van der Waals surface area contributed by atoms with Crippen LogP contribution in [0.25, 0.3) is 0 Å². The summed E-state index contributed by atoms with van der Waals surface area (Å²) in [6.45, 7) is 1.41. The van der Waals surface area contributed by atoms with Crippen LogP contribution >= 0.6 is 0 Å². The van der Waals surface area contributed by atoms with Gasteiger partial charge in [0.2, 0.25) is 5.91 Å². The number of hydrogen-bond donors (Lipinski definition) is 1. The van der Waals surface area contributed by atoms with Crippen molar-refractivity contribution in [2.45, 2.75) is 24.2 Å². The van der Waals surface area contributed by atoms with Gasteiger partial charge in [0.25, 0.3) is 0 Å². The molecule has 0 unspecified atom stereocenters. The van der Waals surface area contributed by atoms with Crippen molar-refractivity contribution in [3.8, 4) is 0 Å². The summed E-state index contributed by atoms with van der Waals surface area (Å²) >= 11 is 0. The van der Waals surface area contributed by atoms with Crippen molar-refractivity contribution >= 4 is 39.4 Å². The summed E-state index contributed by atoms with van der Waals surface area (Å²) in [7, 11) is -3.53. The van der Waals surface area contributed by atoms with Crippen molar-refractivity contribution in [2.75, 3.05) is 35.7 Å². The molecular weight excluding hydrogens is 358 g/mol. The van der Waals surface area contributed by atoms with Gasteiger partial charge in [0, 0.05) is 43.9 Å². The van der Waals surface area contributed by atoms with Crippen LogP contribution in [-0.2, 0) is 19.4 Å². The number of piperidine rings is 1.